The Bertz CT molecular complexity index is 827. The highest BCUT2D eigenvalue weighted by atomic mass is 16.2. The molecule has 0 atom stereocenters. The first kappa shape index (κ1) is 12.0. The molecular weight excluding hydrogens is 256 g/mol. The summed E-state index contributed by atoms with van der Waals surface area (Å²) in [5.74, 6) is -0.506. The van der Waals surface area contributed by atoms with Crippen LogP contribution >= 0.6 is 0 Å². The molecule has 0 radical (unpaired) electrons. The summed E-state index contributed by atoms with van der Waals surface area (Å²) in [6, 6.07) is 8.57. The second-order valence-corrected chi connectivity index (χ2v) is 4.10. The highest BCUT2D eigenvalue weighted by Gasteiger charge is 2.13. The Balaban J connectivity index is 2.00. The van der Waals surface area contributed by atoms with Crippen LogP contribution in [0.1, 0.15) is 10.4 Å². The third-order valence-electron chi connectivity index (χ3n) is 2.78. The van der Waals surface area contributed by atoms with E-state index in [1.807, 2.05) is 0 Å². The molecule has 0 aliphatic carbocycles. The summed E-state index contributed by atoms with van der Waals surface area (Å²) in [7, 11) is 0. The van der Waals surface area contributed by atoms with Crippen LogP contribution in [0.5, 0.6) is 0 Å². The minimum absolute atomic E-state index is 0.0162. The van der Waals surface area contributed by atoms with Gasteiger partial charge in [0.15, 0.2) is 0 Å². The lowest BCUT2D eigenvalue weighted by atomic mass is 10.3. The number of anilines is 1. The first-order valence-electron chi connectivity index (χ1n) is 5.93. The van der Waals surface area contributed by atoms with Crippen LogP contribution in [-0.2, 0) is 0 Å². The molecule has 3 aromatic heterocycles. The Labute approximate surface area is 113 Å². The maximum absolute atomic E-state index is 12.2. The van der Waals surface area contributed by atoms with E-state index in [0.717, 1.165) is 0 Å². The Hall–Kier alpha value is -3.02. The van der Waals surface area contributed by atoms with Crippen molar-refractivity contribution in [1.82, 2.24) is 14.4 Å². The molecule has 0 fully saturated rings. The van der Waals surface area contributed by atoms with E-state index in [1.165, 1.54) is 16.8 Å². The number of aromatic nitrogens is 3. The summed E-state index contributed by atoms with van der Waals surface area (Å²) in [6.07, 6.45) is 5.96. The van der Waals surface area contributed by atoms with Crippen molar-refractivity contribution in [2.75, 3.05) is 5.32 Å². The standard InChI is InChI=1S/C14H10N4O2/c19-13(17-10-4-3-6-15-8-10)11-9-16-12-5-1-2-7-18(12)14(11)20/h1-9H,(H,17,19). The van der Waals surface area contributed by atoms with Gasteiger partial charge in [-0.15, -0.1) is 0 Å². The van der Waals surface area contributed by atoms with Crippen LogP contribution in [-0.4, -0.2) is 20.3 Å². The minimum atomic E-state index is -0.506. The monoisotopic (exact) mass is 266 g/mol. The third kappa shape index (κ3) is 2.14. The van der Waals surface area contributed by atoms with Gasteiger partial charge in [0.25, 0.3) is 11.5 Å². The summed E-state index contributed by atoms with van der Waals surface area (Å²) in [5, 5.41) is 2.61. The second kappa shape index (κ2) is 4.93. The number of hydrogen-bond acceptors (Lipinski definition) is 4. The molecule has 3 rings (SSSR count). The molecule has 20 heavy (non-hydrogen) atoms. The Morgan fingerprint density at radius 3 is 2.85 bits per heavy atom. The molecule has 0 aliphatic rings. The van der Waals surface area contributed by atoms with Gasteiger partial charge in [0.05, 0.1) is 11.9 Å². The van der Waals surface area contributed by atoms with Crippen molar-refractivity contribution < 1.29 is 4.79 Å². The van der Waals surface area contributed by atoms with Gasteiger partial charge in [-0.25, -0.2) is 4.98 Å². The van der Waals surface area contributed by atoms with Crippen LogP contribution in [0.2, 0.25) is 0 Å². The van der Waals surface area contributed by atoms with Gasteiger partial charge in [0.2, 0.25) is 0 Å². The molecule has 1 amide bonds. The topological polar surface area (TPSA) is 76.4 Å². The number of hydrogen-bond donors (Lipinski definition) is 1. The van der Waals surface area contributed by atoms with Crippen molar-refractivity contribution in [2.24, 2.45) is 0 Å². The molecule has 0 aliphatic heterocycles. The molecule has 1 N–H and O–H groups in total. The molecule has 3 aromatic rings. The van der Waals surface area contributed by atoms with Gasteiger partial charge >= 0.3 is 0 Å². The van der Waals surface area contributed by atoms with Crippen molar-refractivity contribution in [3.8, 4) is 0 Å². The van der Waals surface area contributed by atoms with Gasteiger partial charge < -0.3 is 5.32 Å². The number of pyridine rings is 2. The van der Waals surface area contributed by atoms with E-state index in [1.54, 1.807) is 42.7 Å². The molecule has 6 nitrogen and oxygen atoms in total. The molecule has 0 unspecified atom stereocenters. The molecule has 0 aromatic carbocycles. The summed E-state index contributed by atoms with van der Waals surface area (Å²) in [6.45, 7) is 0. The fourth-order valence-electron chi connectivity index (χ4n) is 1.82. The van der Waals surface area contributed by atoms with E-state index in [-0.39, 0.29) is 5.56 Å². The SMILES string of the molecule is O=C(Nc1cccnc1)c1cnc2ccccn2c1=O. The van der Waals surface area contributed by atoms with Crippen LogP contribution in [0, 0.1) is 0 Å². The van der Waals surface area contributed by atoms with Crippen molar-refractivity contribution in [3.63, 3.8) is 0 Å². The van der Waals surface area contributed by atoms with Crippen molar-refractivity contribution >= 4 is 17.2 Å². The van der Waals surface area contributed by atoms with E-state index in [0.29, 0.717) is 11.3 Å². The second-order valence-electron chi connectivity index (χ2n) is 4.10. The van der Waals surface area contributed by atoms with Crippen LogP contribution < -0.4 is 10.9 Å². The van der Waals surface area contributed by atoms with Gasteiger partial charge in [-0.05, 0) is 24.3 Å². The largest absolute Gasteiger partial charge is 0.320 e. The van der Waals surface area contributed by atoms with Gasteiger partial charge in [-0.2, -0.15) is 0 Å². The minimum Gasteiger partial charge on any atom is -0.320 e. The number of fused-ring (bicyclic) bond motifs is 1. The van der Waals surface area contributed by atoms with Crippen LogP contribution in [0.25, 0.3) is 5.65 Å². The summed E-state index contributed by atoms with van der Waals surface area (Å²) >= 11 is 0. The smallest absolute Gasteiger partial charge is 0.270 e. The maximum atomic E-state index is 12.2. The van der Waals surface area contributed by atoms with Gasteiger partial charge in [0, 0.05) is 18.6 Å². The van der Waals surface area contributed by atoms with Gasteiger partial charge in [-0.1, -0.05) is 6.07 Å². The molecule has 6 heteroatoms. The number of amides is 1. The zero-order chi connectivity index (χ0) is 13.9. The molecule has 0 bridgehead atoms. The zero-order valence-electron chi connectivity index (χ0n) is 10.4. The van der Waals surface area contributed by atoms with Crippen LogP contribution in [0.3, 0.4) is 0 Å². The van der Waals surface area contributed by atoms with Crippen molar-refractivity contribution in [3.05, 3.63) is 71.0 Å². The lowest BCUT2D eigenvalue weighted by Crippen LogP contribution is -2.26. The average molecular weight is 266 g/mol. The predicted molar refractivity (Wildman–Crippen MR) is 73.7 cm³/mol. The number of nitrogens with one attached hydrogen (secondary N) is 1. The van der Waals surface area contributed by atoms with Crippen LogP contribution in [0.15, 0.2) is 59.9 Å². The lowest BCUT2D eigenvalue weighted by Gasteiger charge is -2.05. The fourth-order valence-corrected chi connectivity index (χ4v) is 1.82. The Morgan fingerprint density at radius 2 is 2.05 bits per heavy atom. The van der Waals surface area contributed by atoms with E-state index < -0.39 is 11.5 Å². The molecule has 0 spiro atoms. The molecule has 0 saturated heterocycles. The predicted octanol–water partition coefficient (Wildman–Crippen LogP) is 1.34. The summed E-state index contributed by atoms with van der Waals surface area (Å²) in [4.78, 5) is 32.3. The third-order valence-corrected chi connectivity index (χ3v) is 2.78. The first-order chi connectivity index (χ1) is 9.75. The first-order valence-corrected chi connectivity index (χ1v) is 5.93. The number of carbonyl (C=O) groups excluding carboxylic acids is 1. The highest BCUT2D eigenvalue weighted by Crippen LogP contribution is 2.05. The summed E-state index contributed by atoms with van der Waals surface area (Å²) in [5.41, 5.74) is 0.597. The van der Waals surface area contributed by atoms with Gasteiger partial charge in [0.1, 0.15) is 11.2 Å². The number of carbonyl (C=O) groups is 1. The van der Waals surface area contributed by atoms with Crippen LogP contribution in [0.4, 0.5) is 5.69 Å². The number of nitrogens with zero attached hydrogens (tertiary/aromatic N) is 3. The molecular formula is C14H10N4O2. The summed E-state index contributed by atoms with van der Waals surface area (Å²) < 4.78 is 1.33. The lowest BCUT2D eigenvalue weighted by molar-refractivity contribution is 0.102. The van der Waals surface area contributed by atoms with E-state index in [9.17, 15) is 9.59 Å². The Morgan fingerprint density at radius 1 is 1.15 bits per heavy atom. The molecule has 98 valence electrons. The normalized spacial score (nSPS) is 10.4. The van der Waals surface area contributed by atoms with E-state index >= 15 is 0 Å². The highest BCUT2D eigenvalue weighted by molar-refractivity contribution is 6.03. The van der Waals surface area contributed by atoms with E-state index in [2.05, 4.69) is 15.3 Å². The maximum Gasteiger partial charge on any atom is 0.270 e. The molecule has 0 saturated carbocycles. The zero-order valence-corrected chi connectivity index (χ0v) is 10.4. The van der Waals surface area contributed by atoms with Crippen molar-refractivity contribution in [1.29, 1.82) is 0 Å². The van der Waals surface area contributed by atoms with E-state index in [4.69, 9.17) is 0 Å². The van der Waals surface area contributed by atoms with Gasteiger partial charge in [-0.3, -0.25) is 19.0 Å². The molecule has 3 heterocycles. The van der Waals surface area contributed by atoms with Crippen molar-refractivity contribution in [2.45, 2.75) is 0 Å². The fraction of sp³-hybridized carbons (Fsp3) is 0. The Kier molecular flexibility index (Phi) is 2.96. The average Bonchev–Trinajstić information content (AvgIpc) is 2.49. The quantitative estimate of drug-likeness (QED) is 0.759. The number of rotatable bonds is 2.